The van der Waals surface area contributed by atoms with Gasteiger partial charge in [-0.25, -0.2) is 4.39 Å². The molecule has 1 aliphatic heterocycles. The van der Waals surface area contributed by atoms with Crippen molar-refractivity contribution >= 4 is 5.91 Å². The highest BCUT2D eigenvalue weighted by Gasteiger charge is 2.33. The Morgan fingerprint density at radius 1 is 1.33 bits per heavy atom. The fourth-order valence-corrected chi connectivity index (χ4v) is 2.18. The van der Waals surface area contributed by atoms with Gasteiger partial charge >= 0.3 is 6.18 Å². The van der Waals surface area contributed by atoms with E-state index < -0.39 is 23.5 Å². The van der Waals surface area contributed by atoms with Crippen LogP contribution >= 0.6 is 0 Å². The molecule has 4 nitrogen and oxygen atoms in total. The van der Waals surface area contributed by atoms with Crippen molar-refractivity contribution in [2.75, 3.05) is 20.2 Å². The summed E-state index contributed by atoms with van der Waals surface area (Å²) in [6.07, 6.45) is -4.98. The van der Waals surface area contributed by atoms with Crippen molar-refractivity contribution in [3.63, 3.8) is 0 Å². The molecule has 1 aliphatic rings. The number of carbonyl (C=O) groups is 1. The van der Waals surface area contributed by atoms with Gasteiger partial charge in [-0.2, -0.15) is 13.2 Å². The highest BCUT2D eigenvalue weighted by molar-refractivity contribution is 5.94. The van der Waals surface area contributed by atoms with Crippen LogP contribution in [0, 0.1) is 5.82 Å². The molecule has 116 valence electrons. The van der Waals surface area contributed by atoms with Gasteiger partial charge in [-0.15, -0.1) is 0 Å². The Morgan fingerprint density at radius 2 is 2.05 bits per heavy atom. The Morgan fingerprint density at radius 3 is 2.67 bits per heavy atom. The van der Waals surface area contributed by atoms with E-state index in [-0.39, 0.29) is 17.7 Å². The number of hydrogen-bond donors (Lipinski definition) is 2. The molecular weight excluding hydrogens is 292 g/mol. The molecule has 0 bridgehead atoms. The van der Waals surface area contributed by atoms with Crippen LogP contribution in [0.4, 0.5) is 17.6 Å². The average molecular weight is 306 g/mol. The molecule has 2 N–H and O–H groups in total. The van der Waals surface area contributed by atoms with Crippen molar-refractivity contribution in [3.05, 3.63) is 35.1 Å². The molecule has 2 atom stereocenters. The summed E-state index contributed by atoms with van der Waals surface area (Å²) in [6, 6.07) is 1.38. The summed E-state index contributed by atoms with van der Waals surface area (Å²) in [6.45, 7) is 0.962. The molecule has 0 radical (unpaired) electrons. The van der Waals surface area contributed by atoms with Gasteiger partial charge in [-0.05, 0) is 18.2 Å². The Labute approximate surface area is 118 Å². The van der Waals surface area contributed by atoms with Crippen LogP contribution < -0.4 is 10.6 Å². The second kappa shape index (κ2) is 5.98. The van der Waals surface area contributed by atoms with Crippen molar-refractivity contribution in [1.82, 2.24) is 10.6 Å². The third kappa shape index (κ3) is 3.70. The van der Waals surface area contributed by atoms with Crippen molar-refractivity contribution < 1.29 is 27.1 Å². The van der Waals surface area contributed by atoms with E-state index in [1.807, 2.05) is 0 Å². The summed E-state index contributed by atoms with van der Waals surface area (Å²) in [7, 11) is 1.47. The largest absolute Gasteiger partial charge is 0.416 e. The summed E-state index contributed by atoms with van der Waals surface area (Å²) in [5, 5.41) is 5.52. The Hall–Kier alpha value is -1.67. The van der Waals surface area contributed by atoms with Gasteiger partial charge in [0.15, 0.2) is 0 Å². The third-order valence-electron chi connectivity index (χ3n) is 3.27. The maximum absolute atomic E-state index is 13.3. The predicted molar refractivity (Wildman–Crippen MR) is 66.3 cm³/mol. The van der Waals surface area contributed by atoms with E-state index >= 15 is 0 Å². The number of nitrogens with one attached hydrogen (secondary N) is 2. The maximum atomic E-state index is 13.3. The van der Waals surface area contributed by atoms with Gasteiger partial charge in [0.25, 0.3) is 5.91 Å². The highest BCUT2D eigenvalue weighted by Crippen LogP contribution is 2.30. The van der Waals surface area contributed by atoms with Gasteiger partial charge in [0.2, 0.25) is 0 Å². The molecule has 1 fully saturated rings. The van der Waals surface area contributed by atoms with E-state index in [0.717, 1.165) is 6.07 Å². The second-order valence-corrected chi connectivity index (χ2v) is 4.74. The van der Waals surface area contributed by atoms with Crippen LogP contribution in [-0.2, 0) is 10.9 Å². The molecule has 1 aromatic carbocycles. The molecule has 2 rings (SSSR count). The number of benzene rings is 1. The fourth-order valence-electron chi connectivity index (χ4n) is 2.18. The number of rotatable bonds is 3. The molecule has 1 aromatic rings. The number of ether oxygens (including phenoxy) is 1. The number of hydrogen-bond acceptors (Lipinski definition) is 3. The predicted octanol–water partition coefficient (Wildman–Crippen LogP) is 1.56. The lowest BCUT2D eigenvalue weighted by molar-refractivity contribution is -0.137. The van der Waals surface area contributed by atoms with Gasteiger partial charge in [0.1, 0.15) is 5.82 Å². The molecule has 21 heavy (non-hydrogen) atoms. The molecule has 0 aliphatic carbocycles. The molecule has 0 spiro atoms. The van der Waals surface area contributed by atoms with Gasteiger partial charge < -0.3 is 15.4 Å². The smallest absolute Gasteiger partial charge is 0.378 e. The van der Waals surface area contributed by atoms with Crippen LogP contribution in [0.2, 0.25) is 0 Å². The van der Waals surface area contributed by atoms with Crippen LogP contribution in [0.15, 0.2) is 18.2 Å². The molecule has 1 saturated heterocycles. The van der Waals surface area contributed by atoms with E-state index in [1.165, 1.54) is 7.11 Å². The normalized spacial score (nSPS) is 22.3. The molecule has 0 aromatic heterocycles. The maximum Gasteiger partial charge on any atom is 0.416 e. The number of halogens is 4. The fraction of sp³-hybridized carbons (Fsp3) is 0.462. The first-order valence-corrected chi connectivity index (χ1v) is 6.23. The quantitative estimate of drug-likeness (QED) is 0.833. The van der Waals surface area contributed by atoms with Crippen LogP contribution in [0.3, 0.4) is 0 Å². The van der Waals surface area contributed by atoms with Crippen molar-refractivity contribution in [3.8, 4) is 0 Å². The summed E-state index contributed by atoms with van der Waals surface area (Å²) >= 11 is 0. The monoisotopic (exact) mass is 306 g/mol. The first-order chi connectivity index (χ1) is 9.81. The Kier molecular flexibility index (Phi) is 4.48. The highest BCUT2D eigenvalue weighted by atomic mass is 19.4. The first-order valence-electron chi connectivity index (χ1n) is 6.23. The molecule has 0 saturated carbocycles. The summed E-state index contributed by atoms with van der Waals surface area (Å²) < 4.78 is 56.2. The third-order valence-corrected chi connectivity index (χ3v) is 3.27. The average Bonchev–Trinajstić information content (AvgIpc) is 2.84. The van der Waals surface area contributed by atoms with Gasteiger partial charge in [0.05, 0.1) is 17.7 Å². The minimum absolute atomic E-state index is 0.274. The summed E-state index contributed by atoms with van der Waals surface area (Å²) in [5.41, 5.74) is -1.57. The lowest BCUT2D eigenvalue weighted by Gasteiger charge is -2.19. The molecule has 1 amide bonds. The number of methoxy groups -OCH3 is 1. The number of amides is 1. The zero-order valence-corrected chi connectivity index (χ0v) is 11.1. The number of carbonyl (C=O) groups excluding carboxylic acids is 1. The zero-order valence-electron chi connectivity index (χ0n) is 11.1. The van der Waals surface area contributed by atoms with Crippen LogP contribution in [0.25, 0.3) is 0 Å². The van der Waals surface area contributed by atoms with Gasteiger partial charge in [0, 0.05) is 25.8 Å². The minimum atomic E-state index is -4.71. The van der Waals surface area contributed by atoms with Crippen LogP contribution in [-0.4, -0.2) is 38.3 Å². The second-order valence-electron chi connectivity index (χ2n) is 4.74. The first kappa shape index (κ1) is 15.7. The Balaban J connectivity index is 2.17. The van der Waals surface area contributed by atoms with E-state index in [9.17, 15) is 22.4 Å². The van der Waals surface area contributed by atoms with Crippen molar-refractivity contribution in [2.24, 2.45) is 0 Å². The minimum Gasteiger partial charge on any atom is -0.378 e. The molecule has 2 unspecified atom stereocenters. The lowest BCUT2D eigenvalue weighted by Crippen LogP contribution is -2.43. The van der Waals surface area contributed by atoms with E-state index in [0.29, 0.717) is 25.2 Å². The zero-order chi connectivity index (χ0) is 15.6. The van der Waals surface area contributed by atoms with Crippen molar-refractivity contribution in [2.45, 2.75) is 18.3 Å². The van der Waals surface area contributed by atoms with Crippen LogP contribution in [0.5, 0.6) is 0 Å². The number of alkyl halides is 3. The van der Waals surface area contributed by atoms with Gasteiger partial charge in [-0.1, -0.05) is 0 Å². The topological polar surface area (TPSA) is 50.4 Å². The van der Waals surface area contributed by atoms with E-state index in [2.05, 4.69) is 10.6 Å². The molecular formula is C13H14F4N2O2. The van der Waals surface area contributed by atoms with E-state index in [4.69, 9.17) is 4.74 Å². The van der Waals surface area contributed by atoms with Gasteiger partial charge in [-0.3, -0.25) is 4.79 Å². The van der Waals surface area contributed by atoms with Crippen molar-refractivity contribution in [1.29, 1.82) is 0 Å². The van der Waals surface area contributed by atoms with E-state index in [1.54, 1.807) is 0 Å². The molecule has 1 heterocycles. The standard InChI is InChI=1S/C13H14F4N2O2/c1-21-11-6-18-5-10(11)19-12(20)7-2-8(13(15,16)17)4-9(14)3-7/h2-4,10-11,18H,5-6H2,1H3,(H,19,20). The lowest BCUT2D eigenvalue weighted by atomic mass is 10.1. The Bertz CT molecular complexity index is 533. The summed E-state index contributed by atoms with van der Waals surface area (Å²) in [5.74, 6) is -1.88. The SMILES string of the molecule is COC1CNCC1NC(=O)c1cc(F)cc(C(F)(F)F)c1. The molecule has 8 heteroatoms. The summed E-state index contributed by atoms with van der Waals surface area (Å²) in [4.78, 5) is 12.0. The van der Waals surface area contributed by atoms with Crippen LogP contribution in [0.1, 0.15) is 15.9 Å².